The highest BCUT2D eigenvalue weighted by atomic mass is 32.2. The van der Waals surface area contributed by atoms with Crippen molar-refractivity contribution < 1.29 is 30.0 Å². The Morgan fingerprint density at radius 1 is 0.974 bits per heavy atom. The third kappa shape index (κ3) is 3.88. The maximum absolute atomic E-state index is 12.4. The molecule has 214 valence electrons. The molecule has 3 saturated carbocycles. The van der Waals surface area contributed by atoms with Crippen LogP contribution in [-0.2, 0) is 15.0 Å². The van der Waals surface area contributed by atoms with Gasteiger partial charge in [0.2, 0.25) is 0 Å². The summed E-state index contributed by atoms with van der Waals surface area (Å²) in [5, 5.41) is 40.8. The van der Waals surface area contributed by atoms with Gasteiger partial charge in [0.25, 0.3) is 0 Å². The fourth-order valence-corrected chi connectivity index (χ4v) is 10.5. The van der Waals surface area contributed by atoms with Crippen LogP contribution in [0.1, 0.15) is 108 Å². The molecule has 1 aromatic rings. The lowest BCUT2D eigenvalue weighted by atomic mass is 9.34. The Balaban J connectivity index is 1.66. The van der Waals surface area contributed by atoms with Gasteiger partial charge in [-0.05, 0) is 104 Å². The fourth-order valence-electron chi connectivity index (χ4n) is 9.29. The van der Waals surface area contributed by atoms with Gasteiger partial charge in [-0.25, -0.2) is 0 Å². The number of rotatable bonds is 5. The molecule has 4 aliphatic carbocycles. The number of phenols is 2. The van der Waals surface area contributed by atoms with Gasteiger partial charge in [0, 0.05) is 16.4 Å². The van der Waals surface area contributed by atoms with Gasteiger partial charge < -0.3 is 20.4 Å². The first kappa shape index (κ1) is 28.4. The van der Waals surface area contributed by atoms with Crippen molar-refractivity contribution in [3.63, 3.8) is 0 Å². The van der Waals surface area contributed by atoms with Crippen LogP contribution in [0.4, 0.5) is 0 Å². The number of carboxylic acid groups (broad SMARTS) is 2. The molecule has 0 radical (unpaired) electrons. The Kier molecular flexibility index (Phi) is 6.49. The molecule has 3 fully saturated rings. The number of benzene rings is 1. The van der Waals surface area contributed by atoms with E-state index in [0.29, 0.717) is 17.7 Å². The minimum Gasteiger partial charge on any atom is -0.504 e. The van der Waals surface area contributed by atoms with E-state index >= 15 is 0 Å². The summed E-state index contributed by atoms with van der Waals surface area (Å²) in [7, 11) is 0. The number of aliphatic carboxylic acids is 2. The van der Waals surface area contributed by atoms with E-state index in [1.54, 1.807) is 17.8 Å². The number of carboxylic acids is 2. The Morgan fingerprint density at radius 3 is 2.28 bits per heavy atom. The average Bonchev–Trinajstić information content (AvgIpc) is 2.86. The van der Waals surface area contributed by atoms with Crippen molar-refractivity contribution in [2.24, 2.45) is 27.6 Å². The summed E-state index contributed by atoms with van der Waals surface area (Å²) >= 11 is 1.59. The van der Waals surface area contributed by atoms with Gasteiger partial charge >= 0.3 is 11.9 Å². The highest BCUT2D eigenvalue weighted by molar-refractivity contribution is 7.99. The Morgan fingerprint density at radius 2 is 1.64 bits per heavy atom. The van der Waals surface area contributed by atoms with Gasteiger partial charge in [-0.15, -0.1) is 11.8 Å². The molecule has 1 unspecified atom stereocenters. The minimum absolute atomic E-state index is 0.0588. The van der Waals surface area contributed by atoms with Crippen molar-refractivity contribution in [2.45, 2.75) is 104 Å². The molecular weight excluding hydrogens is 512 g/mol. The fraction of sp³-hybridized carbons (Fsp3) is 0.688. The van der Waals surface area contributed by atoms with Crippen LogP contribution in [-0.4, -0.2) is 38.1 Å². The number of thioether (sulfide) groups is 1. The lowest BCUT2D eigenvalue weighted by molar-refractivity contribution is -0.177. The van der Waals surface area contributed by atoms with Gasteiger partial charge in [-0.1, -0.05) is 39.3 Å². The zero-order valence-corrected chi connectivity index (χ0v) is 25.0. The summed E-state index contributed by atoms with van der Waals surface area (Å²) in [6.07, 6.45) is 8.68. The second-order valence-corrected chi connectivity index (χ2v) is 15.5. The third-order valence-corrected chi connectivity index (χ3v) is 13.4. The largest absolute Gasteiger partial charge is 0.504 e. The molecular formula is C32H44O6S. The van der Waals surface area contributed by atoms with E-state index in [4.69, 9.17) is 0 Å². The molecule has 6 nitrogen and oxygen atoms in total. The summed E-state index contributed by atoms with van der Waals surface area (Å²) in [6.45, 7) is 13.2. The molecule has 4 aliphatic rings. The molecule has 0 amide bonds. The number of hydrogen-bond acceptors (Lipinski definition) is 5. The molecule has 7 atom stereocenters. The molecule has 39 heavy (non-hydrogen) atoms. The van der Waals surface area contributed by atoms with E-state index in [1.807, 2.05) is 13.8 Å². The summed E-state index contributed by atoms with van der Waals surface area (Å²) in [6, 6.07) is 1.75. The van der Waals surface area contributed by atoms with Crippen LogP contribution in [0.2, 0.25) is 0 Å². The van der Waals surface area contributed by atoms with Crippen molar-refractivity contribution in [3.8, 4) is 11.5 Å². The van der Waals surface area contributed by atoms with E-state index in [-0.39, 0.29) is 50.7 Å². The van der Waals surface area contributed by atoms with Gasteiger partial charge in [-0.3, -0.25) is 9.59 Å². The van der Waals surface area contributed by atoms with Gasteiger partial charge in [-0.2, -0.15) is 0 Å². The van der Waals surface area contributed by atoms with Crippen LogP contribution < -0.4 is 0 Å². The van der Waals surface area contributed by atoms with Gasteiger partial charge in [0.15, 0.2) is 11.5 Å². The smallest absolute Gasteiger partial charge is 0.309 e. The summed E-state index contributed by atoms with van der Waals surface area (Å²) < 4.78 is 0. The lowest BCUT2D eigenvalue weighted by Crippen LogP contribution is -2.62. The first-order valence-electron chi connectivity index (χ1n) is 14.4. The number of allylic oxidation sites excluding steroid dienone is 1. The molecule has 0 bridgehead atoms. The molecule has 4 N–H and O–H groups in total. The molecule has 0 aliphatic heterocycles. The van der Waals surface area contributed by atoms with Crippen LogP contribution in [0, 0.1) is 34.5 Å². The zero-order valence-electron chi connectivity index (χ0n) is 24.2. The maximum atomic E-state index is 12.4. The van der Waals surface area contributed by atoms with E-state index in [1.165, 1.54) is 5.57 Å². The predicted octanol–water partition coefficient (Wildman–Crippen LogP) is 7.35. The van der Waals surface area contributed by atoms with Crippen LogP contribution in [0.25, 0.3) is 0 Å². The van der Waals surface area contributed by atoms with Crippen molar-refractivity contribution in [3.05, 3.63) is 34.4 Å². The lowest BCUT2D eigenvalue weighted by Gasteiger charge is -2.70. The van der Waals surface area contributed by atoms with Crippen LogP contribution >= 0.6 is 11.8 Å². The normalized spacial score (nSPS) is 40.9. The van der Waals surface area contributed by atoms with E-state index in [2.05, 4.69) is 33.8 Å². The number of hydrogen-bond donors (Lipinski definition) is 4. The second kappa shape index (κ2) is 8.92. The quantitative estimate of drug-likeness (QED) is 0.221. The Labute approximate surface area is 236 Å². The summed E-state index contributed by atoms with van der Waals surface area (Å²) in [5.74, 6) is -1.00. The molecule has 5 rings (SSSR count). The first-order chi connectivity index (χ1) is 18.0. The van der Waals surface area contributed by atoms with Crippen molar-refractivity contribution in [1.82, 2.24) is 0 Å². The number of aromatic hydroxyl groups is 2. The SMILES string of the molecule is Cc1c(O)c(O)cc2c1C(SCCC(=O)O)C=C1[C@@]2(C)CC[C@@]2(C)[C@@H]3C[C@](C)(C(=O)O)CC[C@]3(C)CC[C@]12C. The Bertz CT molecular complexity index is 1270. The van der Waals surface area contributed by atoms with Crippen molar-refractivity contribution in [1.29, 1.82) is 0 Å². The molecule has 0 aromatic heterocycles. The van der Waals surface area contributed by atoms with Crippen LogP contribution in [0.5, 0.6) is 11.5 Å². The zero-order chi connectivity index (χ0) is 28.8. The molecule has 0 heterocycles. The first-order valence-corrected chi connectivity index (χ1v) is 15.4. The monoisotopic (exact) mass is 556 g/mol. The minimum atomic E-state index is -0.830. The molecule has 7 heteroatoms. The number of carbonyl (C=O) groups is 2. The number of phenolic OH excluding ortho intramolecular Hbond substituents is 2. The Hall–Kier alpha value is -2.15. The van der Waals surface area contributed by atoms with Gasteiger partial charge in [0.1, 0.15) is 0 Å². The van der Waals surface area contributed by atoms with Crippen molar-refractivity contribution in [2.75, 3.05) is 5.75 Å². The standard InChI is InChI=1S/C32H44O6S/c1-18-25-19(15-20(33)26(18)36)30(4)11-13-32(6)23-17-29(3,27(37)38)9-8-28(23,2)10-12-31(32,5)22(30)16-21(25)39-14-7-24(34)35/h15-16,21,23,33,36H,7-14,17H2,1-6H3,(H,34,35)(H,37,38)/t21?,23-,28-,29-,30+,31-,32+/m1/s1. The predicted molar refractivity (Wildman–Crippen MR) is 153 cm³/mol. The molecule has 0 saturated heterocycles. The van der Waals surface area contributed by atoms with E-state index in [9.17, 15) is 30.0 Å². The topological polar surface area (TPSA) is 115 Å². The second-order valence-electron chi connectivity index (χ2n) is 14.2. The highest BCUT2D eigenvalue weighted by Crippen LogP contribution is 2.75. The van der Waals surface area contributed by atoms with Crippen molar-refractivity contribution >= 4 is 23.7 Å². The highest BCUT2D eigenvalue weighted by Gasteiger charge is 2.67. The third-order valence-electron chi connectivity index (χ3n) is 12.2. The maximum Gasteiger partial charge on any atom is 0.309 e. The molecule has 0 spiro atoms. The average molecular weight is 557 g/mol. The summed E-state index contributed by atoms with van der Waals surface area (Å²) in [5.41, 5.74) is 2.84. The van der Waals surface area contributed by atoms with E-state index in [0.717, 1.165) is 49.7 Å². The number of fused-ring (bicyclic) bond motifs is 7. The summed E-state index contributed by atoms with van der Waals surface area (Å²) in [4.78, 5) is 23.7. The van der Waals surface area contributed by atoms with Gasteiger partial charge in [0.05, 0.1) is 11.8 Å². The van der Waals surface area contributed by atoms with Crippen LogP contribution in [0.15, 0.2) is 17.7 Å². The molecule has 1 aromatic carbocycles. The van der Waals surface area contributed by atoms with E-state index < -0.39 is 17.4 Å². The van der Waals surface area contributed by atoms with Crippen LogP contribution in [0.3, 0.4) is 0 Å².